The van der Waals surface area contributed by atoms with Gasteiger partial charge in [0.05, 0.1) is 11.4 Å². The van der Waals surface area contributed by atoms with Crippen LogP contribution in [0.15, 0.2) is 59.5 Å². The standard InChI is InChI=1S/C22H27N5O3S2/c1-3-14-26(15-4-2)32(29,30)19-12-10-17(11-13-19)21(28)23-16-20-24-25-22(31)27(20)18-8-6-5-7-9-18/h5-13H,3-4,14-16H2,1-2H3,(H,23,28)(H,25,31). The van der Waals surface area contributed by atoms with E-state index >= 15 is 0 Å². The Hall–Kier alpha value is -2.82. The van der Waals surface area contributed by atoms with Crippen LogP contribution in [0.2, 0.25) is 0 Å². The molecule has 3 aromatic rings. The first kappa shape index (κ1) is 23.8. The Morgan fingerprint density at radius 2 is 1.69 bits per heavy atom. The summed E-state index contributed by atoms with van der Waals surface area (Å²) in [6.07, 6.45) is 1.48. The van der Waals surface area contributed by atoms with Crippen molar-refractivity contribution in [1.29, 1.82) is 0 Å². The second-order valence-electron chi connectivity index (χ2n) is 7.23. The van der Waals surface area contributed by atoms with Crippen molar-refractivity contribution in [3.05, 3.63) is 70.8 Å². The van der Waals surface area contributed by atoms with Crippen molar-refractivity contribution >= 4 is 28.1 Å². The first-order valence-corrected chi connectivity index (χ1v) is 12.3. The van der Waals surface area contributed by atoms with E-state index in [0.717, 1.165) is 18.5 Å². The van der Waals surface area contributed by atoms with Gasteiger partial charge in [0.15, 0.2) is 10.6 Å². The van der Waals surface area contributed by atoms with Crippen LogP contribution in [0.5, 0.6) is 0 Å². The van der Waals surface area contributed by atoms with E-state index in [1.165, 1.54) is 28.6 Å². The van der Waals surface area contributed by atoms with Gasteiger partial charge in [-0.05, 0) is 61.5 Å². The lowest BCUT2D eigenvalue weighted by molar-refractivity contribution is 0.0949. The van der Waals surface area contributed by atoms with Gasteiger partial charge in [-0.25, -0.2) is 8.42 Å². The van der Waals surface area contributed by atoms with Crippen LogP contribution >= 0.6 is 12.2 Å². The lowest BCUT2D eigenvalue weighted by Gasteiger charge is -2.21. The van der Waals surface area contributed by atoms with Crippen molar-refractivity contribution in [2.45, 2.75) is 38.1 Å². The molecule has 0 aliphatic carbocycles. The summed E-state index contributed by atoms with van der Waals surface area (Å²) in [5.41, 5.74) is 1.20. The average molecular weight is 474 g/mol. The van der Waals surface area contributed by atoms with Gasteiger partial charge in [0.25, 0.3) is 5.91 Å². The highest BCUT2D eigenvalue weighted by atomic mass is 32.2. The molecule has 3 rings (SSSR count). The molecule has 0 aliphatic rings. The summed E-state index contributed by atoms with van der Waals surface area (Å²) in [7, 11) is -3.58. The molecule has 0 spiro atoms. The zero-order chi connectivity index (χ0) is 23.1. The number of nitrogens with one attached hydrogen (secondary N) is 2. The molecule has 0 fully saturated rings. The van der Waals surface area contributed by atoms with Crippen LogP contribution in [-0.2, 0) is 16.6 Å². The highest BCUT2D eigenvalue weighted by Crippen LogP contribution is 2.18. The van der Waals surface area contributed by atoms with Crippen molar-refractivity contribution < 1.29 is 13.2 Å². The highest BCUT2D eigenvalue weighted by Gasteiger charge is 2.23. The largest absolute Gasteiger partial charge is 0.345 e. The van der Waals surface area contributed by atoms with E-state index in [9.17, 15) is 13.2 Å². The number of H-pyrrole nitrogens is 1. The van der Waals surface area contributed by atoms with Crippen LogP contribution < -0.4 is 5.32 Å². The Balaban J connectivity index is 1.72. The van der Waals surface area contributed by atoms with Crippen LogP contribution in [0.1, 0.15) is 42.9 Å². The smallest absolute Gasteiger partial charge is 0.251 e. The molecule has 1 amide bonds. The number of aromatic nitrogens is 3. The van der Waals surface area contributed by atoms with Gasteiger partial charge in [0, 0.05) is 24.3 Å². The minimum absolute atomic E-state index is 0.154. The zero-order valence-electron chi connectivity index (χ0n) is 18.1. The maximum atomic E-state index is 12.9. The number of rotatable bonds is 10. The van der Waals surface area contributed by atoms with Gasteiger partial charge in [-0.3, -0.25) is 14.5 Å². The molecular weight excluding hydrogens is 446 g/mol. The number of amides is 1. The fourth-order valence-corrected chi connectivity index (χ4v) is 5.21. The van der Waals surface area contributed by atoms with Crippen molar-refractivity contribution in [2.24, 2.45) is 0 Å². The Bertz CT molecular complexity index is 1200. The molecule has 2 aromatic carbocycles. The fraction of sp³-hybridized carbons (Fsp3) is 0.318. The minimum Gasteiger partial charge on any atom is -0.345 e. The van der Waals surface area contributed by atoms with Crippen LogP contribution in [0.4, 0.5) is 0 Å². The van der Waals surface area contributed by atoms with Gasteiger partial charge in [-0.15, -0.1) is 0 Å². The number of para-hydroxylation sites is 1. The first-order valence-electron chi connectivity index (χ1n) is 10.5. The highest BCUT2D eigenvalue weighted by molar-refractivity contribution is 7.89. The number of sulfonamides is 1. The van der Waals surface area contributed by atoms with E-state index in [1.807, 2.05) is 44.2 Å². The number of carbonyl (C=O) groups excluding carboxylic acids is 1. The van der Waals surface area contributed by atoms with Gasteiger partial charge in [0.2, 0.25) is 10.0 Å². The summed E-state index contributed by atoms with van der Waals surface area (Å²) in [4.78, 5) is 12.8. The molecule has 8 nitrogen and oxygen atoms in total. The Kier molecular flexibility index (Phi) is 7.94. The van der Waals surface area contributed by atoms with Gasteiger partial charge >= 0.3 is 0 Å². The van der Waals surface area contributed by atoms with E-state index < -0.39 is 10.0 Å². The van der Waals surface area contributed by atoms with Crippen LogP contribution in [-0.4, -0.2) is 46.5 Å². The summed E-state index contributed by atoms with van der Waals surface area (Å²) in [6.45, 7) is 4.98. The van der Waals surface area contributed by atoms with Crippen LogP contribution in [0.25, 0.3) is 5.69 Å². The third kappa shape index (κ3) is 5.32. The molecule has 0 saturated carbocycles. The summed E-state index contributed by atoms with van der Waals surface area (Å²) < 4.78 is 29.4. The molecule has 0 atom stereocenters. The van der Waals surface area contributed by atoms with Crippen LogP contribution in [0, 0.1) is 4.77 Å². The molecule has 1 aromatic heterocycles. The molecule has 2 N–H and O–H groups in total. The second-order valence-corrected chi connectivity index (χ2v) is 9.55. The molecule has 0 radical (unpaired) electrons. The maximum absolute atomic E-state index is 12.9. The monoisotopic (exact) mass is 473 g/mol. The zero-order valence-corrected chi connectivity index (χ0v) is 19.7. The Morgan fingerprint density at radius 3 is 2.28 bits per heavy atom. The molecule has 10 heteroatoms. The SMILES string of the molecule is CCCN(CCC)S(=O)(=O)c1ccc(C(=O)NCc2n[nH]c(=S)n2-c2ccccc2)cc1. The van der Waals surface area contributed by atoms with E-state index in [2.05, 4.69) is 15.5 Å². The third-order valence-electron chi connectivity index (χ3n) is 4.86. The van der Waals surface area contributed by atoms with E-state index in [4.69, 9.17) is 12.2 Å². The molecule has 0 unspecified atom stereocenters. The van der Waals surface area contributed by atoms with Crippen molar-refractivity contribution in [3.8, 4) is 5.69 Å². The number of hydrogen-bond donors (Lipinski definition) is 2. The van der Waals surface area contributed by atoms with Gasteiger partial charge < -0.3 is 5.32 Å². The number of aromatic amines is 1. The van der Waals surface area contributed by atoms with Crippen LogP contribution in [0.3, 0.4) is 0 Å². The number of carbonyl (C=O) groups is 1. The molecule has 0 saturated heterocycles. The maximum Gasteiger partial charge on any atom is 0.251 e. The quantitative estimate of drug-likeness (QED) is 0.438. The lowest BCUT2D eigenvalue weighted by Crippen LogP contribution is -2.32. The van der Waals surface area contributed by atoms with E-state index in [1.54, 1.807) is 4.57 Å². The van der Waals surface area contributed by atoms with Crippen molar-refractivity contribution in [1.82, 2.24) is 24.4 Å². The predicted octanol–water partition coefficient (Wildman–Crippen LogP) is 3.67. The number of benzene rings is 2. The summed E-state index contributed by atoms with van der Waals surface area (Å²) in [6, 6.07) is 15.5. The normalized spacial score (nSPS) is 11.6. The van der Waals surface area contributed by atoms with Crippen molar-refractivity contribution in [3.63, 3.8) is 0 Å². The molecular formula is C22H27N5O3S2. The number of hydrogen-bond acceptors (Lipinski definition) is 5. The molecule has 0 bridgehead atoms. The van der Waals surface area contributed by atoms with Gasteiger partial charge in [-0.1, -0.05) is 32.0 Å². The van der Waals surface area contributed by atoms with E-state index in [0.29, 0.717) is 29.2 Å². The summed E-state index contributed by atoms with van der Waals surface area (Å²) in [5.74, 6) is 0.227. The molecule has 32 heavy (non-hydrogen) atoms. The summed E-state index contributed by atoms with van der Waals surface area (Å²) >= 11 is 5.31. The first-order chi connectivity index (χ1) is 15.4. The molecule has 170 valence electrons. The van der Waals surface area contributed by atoms with Gasteiger partial charge in [-0.2, -0.15) is 9.40 Å². The Labute approximate surface area is 193 Å². The second kappa shape index (κ2) is 10.7. The van der Waals surface area contributed by atoms with Crippen molar-refractivity contribution in [2.75, 3.05) is 13.1 Å². The van der Waals surface area contributed by atoms with Gasteiger partial charge in [0.1, 0.15) is 0 Å². The average Bonchev–Trinajstić information content (AvgIpc) is 3.18. The van der Waals surface area contributed by atoms with E-state index in [-0.39, 0.29) is 17.3 Å². The predicted molar refractivity (Wildman–Crippen MR) is 126 cm³/mol. The molecule has 0 aliphatic heterocycles. The topological polar surface area (TPSA) is 100 Å². The lowest BCUT2D eigenvalue weighted by atomic mass is 10.2. The Morgan fingerprint density at radius 1 is 1.06 bits per heavy atom. The third-order valence-corrected chi connectivity index (χ3v) is 7.05. The fourth-order valence-electron chi connectivity index (χ4n) is 3.33. The minimum atomic E-state index is -3.58. The summed E-state index contributed by atoms with van der Waals surface area (Å²) in [5, 5.41) is 9.76. The number of nitrogens with zero attached hydrogens (tertiary/aromatic N) is 3. The molecule has 1 heterocycles.